The van der Waals surface area contributed by atoms with Gasteiger partial charge in [0.2, 0.25) is 0 Å². The largest absolute Gasteiger partial charge is 0.371 e. The second-order valence-electron chi connectivity index (χ2n) is 2.39. The molecule has 0 fully saturated rings. The number of hydrogen-bond acceptors (Lipinski definition) is 2. The van der Waals surface area contributed by atoms with Crippen molar-refractivity contribution < 1.29 is 9.84 Å². The average molecular weight is 141 g/mol. The molecule has 0 heterocycles. The Balaban J connectivity index is 0. The predicted octanol–water partition coefficient (Wildman–Crippen LogP) is 1.17. The summed E-state index contributed by atoms with van der Waals surface area (Å²) in [7, 11) is 0. The molecule has 2 nitrogen and oxygen atoms in total. The number of rotatable bonds is 1. The van der Waals surface area contributed by atoms with Gasteiger partial charge in [-0.15, -0.1) is 12.4 Å². The minimum Gasteiger partial charge on any atom is -0.371 e. The summed E-state index contributed by atoms with van der Waals surface area (Å²) in [6, 6.07) is 0. The SMILES string of the molecule is CC(C)(C)OCO.Cl. The maximum Gasteiger partial charge on any atom is 0.144 e. The van der Waals surface area contributed by atoms with Crippen molar-refractivity contribution in [1.82, 2.24) is 0 Å². The van der Waals surface area contributed by atoms with Gasteiger partial charge in [-0.3, -0.25) is 0 Å². The van der Waals surface area contributed by atoms with Crippen molar-refractivity contribution in [3.05, 3.63) is 0 Å². The van der Waals surface area contributed by atoms with Crippen molar-refractivity contribution in [1.29, 1.82) is 0 Å². The van der Waals surface area contributed by atoms with E-state index in [4.69, 9.17) is 9.84 Å². The van der Waals surface area contributed by atoms with Crippen LogP contribution in [0.2, 0.25) is 0 Å². The molecule has 3 heteroatoms. The Morgan fingerprint density at radius 2 is 1.75 bits per heavy atom. The van der Waals surface area contributed by atoms with Crippen LogP contribution < -0.4 is 0 Å². The van der Waals surface area contributed by atoms with Crippen LogP contribution in [-0.4, -0.2) is 17.5 Å². The maximum atomic E-state index is 8.18. The van der Waals surface area contributed by atoms with E-state index in [0.717, 1.165) is 0 Å². The minimum absolute atomic E-state index is 0. The third-order valence-corrected chi connectivity index (χ3v) is 0.498. The third kappa shape index (κ3) is 9.51. The van der Waals surface area contributed by atoms with Gasteiger partial charge in [0.15, 0.2) is 0 Å². The minimum atomic E-state index is -0.200. The summed E-state index contributed by atoms with van der Waals surface area (Å²) in [5.74, 6) is 0. The summed E-state index contributed by atoms with van der Waals surface area (Å²) in [4.78, 5) is 0. The van der Waals surface area contributed by atoms with E-state index in [1.807, 2.05) is 20.8 Å². The first-order valence-corrected chi connectivity index (χ1v) is 2.31. The third-order valence-electron chi connectivity index (χ3n) is 0.498. The molecule has 0 spiro atoms. The molecule has 0 atom stereocenters. The highest BCUT2D eigenvalue weighted by atomic mass is 35.5. The van der Waals surface area contributed by atoms with E-state index in [-0.39, 0.29) is 24.8 Å². The lowest BCUT2D eigenvalue weighted by molar-refractivity contribution is -0.0877. The Labute approximate surface area is 56.3 Å². The van der Waals surface area contributed by atoms with Gasteiger partial charge >= 0.3 is 0 Å². The Kier molecular flexibility index (Phi) is 5.71. The number of hydrogen-bond donors (Lipinski definition) is 1. The zero-order chi connectivity index (χ0) is 5.91. The smallest absolute Gasteiger partial charge is 0.144 e. The second-order valence-corrected chi connectivity index (χ2v) is 2.39. The van der Waals surface area contributed by atoms with Crippen LogP contribution in [0, 0.1) is 0 Å². The van der Waals surface area contributed by atoms with Crippen molar-refractivity contribution in [2.45, 2.75) is 26.4 Å². The van der Waals surface area contributed by atoms with E-state index in [0.29, 0.717) is 0 Å². The van der Waals surface area contributed by atoms with Crippen LogP contribution in [0.1, 0.15) is 20.8 Å². The second kappa shape index (κ2) is 4.13. The topological polar surface area (TPSA) is 29.5 Å². The van der Waals surface area contributed by atoms with Gasteiger partial charge in [-0.05, 0) is 20.8 Å². The van der Waals surface area contributed by atoms with Crippen LogP contribution in [0.3, 0.4) is 0 Å². The molecule has 0 radical (unpaired) electrons. The Morgan fingerprint density at radius 3 is 1.75 bits per heavy atom. The fraction of sp³-hybridized carbons (Fsp3) is 1.00. The maximum absolute atomic E-state index is 8.18. The van der Waals surface area contributed by atoms with E-state index < -0.39 is 0 Å². The van der Waals surface area contributed by atoms with Crippen LogP contribution >= 0.6 is 12.4 Å². The van der Waals surface area contributed by atoms with Crippen LogP contribution in [-0.2, 0) is 4.74 Å². The van der Waals surface area contributed by atoms with E-state index in [2.05, 4.69) is 0 Å². The van der Waals surface area contributed by atoms with E-state index in [1.54, 1.807) is 0 Å². The molecule has 0 saturated heterocycles. The lowest BCUT2D eigenvalue weighted by atomic mass is 10.2. The summed E-state index contributed by atoms with van der Waals surface area (Å²) in [5.41, 5.74) is -0.200. The molecule has 0 aromatic heterocycles. The quantitative estimate of drug-likeness (QED) is 0.555. The number of ether oxygens (including phenoxy) is 1. The molecule has 8 heavy (non-hydrogen) atoms. The number of aliphatic hydroxyl groups is 1. The van der Waals surface area contributed by atoms with Crippen LogP contribution in [0.15, 0.2) is 0 Å². The highest BCUT2D eigenvalue weighted by Crippen LogP contribution is 2.03. The van der Waals surface area contributed by atoms with Gasteiger partial charge in [0.1, 0.15) is 6.79 Å². The van der Waals surface area contributed by atoms with Gasteiger partial charge < -0.3 is 9.84 Å². The fourth-order valence-corrected chi connectivity index (χ4v) is 0.194. The van der Waals surface area contributed by atoms with Crippen molar-refractivity contribution in [3.8, 4) is 0 Å². The van der Waals surface area contributed by atoms with Gasteiger partial charge in [0, 0.05) is 0 Å². The highest BCUT2D eigenvalue weighted by Gasteiger charge is 2.07. The van der Waals surface area contributed by atoms with Gasteiger partial charge in [0.05, 0.1) is 5.60 Å². The van der Waals surface area contributed by atoms with Gasteiger partial charge in [0.25, 0.3) is 0 Å². The molecular formula is C5H13ClO2. The van der Waals surface area contributed by atoms with Crippen molar-refractivity contribution >= 4 is 12.4 Å². The molecular weight excluding hydrogens is 128 g/mol. The molecule has 0 aliphatic heterocycles. The zero-order valence-electron chi connectivity index (χ0n) is 5.47. The van der Waals surface area contributed by atoms with Gasteiger partial charge in [-0.25, -0.2) is 0 Å². The molecule has 0 rings (SSSR count). The molecule has 0 aromatic carbocycles. The highest BCUT2D eigenvalue weighted by molar-refractivity contribution is 5.85. The number of halogens is 1. The zero-order valence-corrected chi connectivity index (χ0v) is 6.29. The molecule has 0 aromatic rings. The summed E-state index contributed by atoms with van der Waals surface area (Å²) in [5, 5.41) is 8.18. The van der Waals surface area contributed by atoms with Gasteiger partial charge in [-0.1, -0.05) is 0 Å². The van der Waals surface area contributed by atoms with Crippen LogP contribution in [0.4, 0.5) is 0 Å². The van der Waals surface area contributed by atoms with Crippen molar-refractivity contribution in [3.63, 3.8) is 0 Å². The van der Waals surface area contributed by atoms with E-state index >= 15 is 0 Å². The number of aliphatic hydroxyl groups excluding tert-OH is 1. The first kappa shape index (κ1) is 11.1. The molecule has 0 aliphatic carbocycles. The van der Waals surface area contributed by atoms with Crippen molar-refractivity contribution in [2.24, 2.45) is 0 Å². The van der Waals surface area contributed by atoms with Gasteiger partial charge in [-0.2, -0.15) is 0 Å². The van der Waals surface area contributed by atoms with E-state index in [1.165, 1.54) is 0 Å². The lowest BCUT2D eigenvalue weighted by Gasteiger charge is -2.16. The van der Waals surface area contributed by atoms with Crippen LogP contribution in [0.5, 0.6) is 0 Å². The monoisotopic (exact) mass is 140 g/mol. The van der Waals surface area contributed by atoms with Crippen LogP contribution in [0.25, 0.3) is 0 Å². The fourth-order valence-electron chi connectivity index (χ4n) is 0.194. The van der Waals surface area contributed by atoms with Crippen molar-refractivity contribution in [2.75, 3.05) is 6.79 Å². The normalized spacial score (nSPS) is 10.5. The Morgan fingerprint density at radius 1 is 1.38 bits per heavy atom. The molecule has 52 valence electrons. The summed E-state index contributed by atoms with van der Waals surface area (Å²) >= 11 is 0. The lowest BCUT2D eigenvalue weighted by Crippen LogP contribution is -2.19. The molecule has 0 bridgehead atoms. The van der Waals surface area contributed by atoms with E-state index in [9.17, 15) is 0 Å². The molecule has 1 N–H and O–H groups in total. The summed E-state index contributed by atoms with van der Waals surface area (Å²) in [6.07, 6.45) is 0. The molecule has 0 unspecified atom stereocenters. The Bertz CT molecular complexity index is 48.9. The average Bonchev–Trinajstić information content (AvgIpc) is 1.30. The molecule has 0 aliphatic rings. The summed E-state index contributed by atoms with van der Waals surface area (Å²) < 4.78 is 4.78. The molecule has 0 saturated carbocycles. The predicted molar refractivity (Wildman–Crippen MR) is 35.2 cm³/mol. The first-order valence-electron chi connectivity index (χ1n) is 2.31. The first-order chi connectivity index (χ1) is 3.06. The Hall–Kier alpha value is 0.210. The molecule has 0 amide bonds. The summed E-state index contributed by atoms with van der Waals surface area (Å²) in [6.45, 7) is 5.49. The standard InChI is InChI=1S/C5H12O2.ClH/c1-5(2,3)7-4-6;/h6H,4H2,1-3H3;1H.